The number of hydrogen-bond acceptors (Lipinski definition) is 6. The molecule has 0 spiro atoms. The second kappa shape index (κ2) is 20.8. The van der Waals surface area contributed by atoms with Gasteiger partial charge in [0.25, 0.3) is 0 Å². The van der Waals surface area contributed by atoms with Gasteiger partial charge < -0.3 is 15.4 Å². The molecule has 1 heterocycles. The first-order valence-corrected chi connectivity index (χ1v) is 17.2. The van der Waals surface area contributed by atoms with Crippen LogP contribution in [0, 0.1) is 6.92 Å². The van der Waals surface area contributed by atoms with E-state index < -0.39 is 11.0 Å². The lowest BCUT2D eigenvalue weighted by atomic mass is 10.2. The van der Waals surface area contributed by atoms with Crippen molar-refractivity contribution in [1.29, 1.82) is 0 Å². The van der Waals surface area contributed by atoms with Gasteiger partial charge in [-0.25, -0.2) is 4.21 Å². The van der Waals surface area contributed by atoms with Crippen molar-refractivity contribution < 1.29 is 4.21 Å². The average Bonchev–Trinajstić information content (AvgIpc) is 2.98. The highest BCUT2D eigenvalue weighted by molar-refractivity contribution is 8.00. The highest BCUT2D eigenvalue weighted by Gasteiger charge is 2.24. The average molecular weight is 591 g/mol. The highest BCUT2D eigenvalue weighted by atomic mass is 32.2. The lowest BCUT2D eigenvalue weighted by molar-refractivity contribution is 0.682. The van der Waals surface area contributed by atoms with Gasteiger partial charge in [-0.1, -0.05) is 65.3 Å². The van der Waals surface area contributed by atoms with E-state index in [1.807, 2.05) is 45.7 Å². The third-order valence-corrected chi connectivity index (χ3v) is 9.14. The van der Waals surface area contributed by atoms with E-state index in [0.717, 1.165) is 66.6 Å². The zero-order chi connectivity index (χ0) is 29.0. The van der Waals surface area contributed by atoms with Crippen molar-refractivity contribution in [3.63, 3.8) is 0 Å². The Kier molecular flexibility index (Phi) is 18.7. The third kappa shape index (κ3) is 12.4. The molecular formula is C31H50N4OS3. The number of fused-ring (bicyclic) bond motifs is 1. The smallest absolute Gasteiger partial charge is 0.148 e. The van der Waals surface area contributed by atoms with E-state index in [9.17, 15) is 4.21 Å². The number of nitrogens with zero attached hydrogens (tertiary/aromatic N) is 1. The van der Waals surface area contributed by atoms with Crippen molar-refractivity contribution in [3.8, 4) is 0 Å². The highest BCUT2D eigenvalue weighted by Crippen LogP contribution is 2.38. The van der Waals surface area contributed by atoms with Crippen LogP contribution in [-0.4, -0.2) is 29.6 Å². The predicted molar refractivity (Wildman–Crippen MR) is 179 cm³/mol. The van der Waals surface area contributed by atoms with Crippen molar-refractivity contribution >= 4 is 46.1 Å². The lowest BCUT2D eigenvalue weighted by Crippen LogP contribution is -2.32. The van der Waals surface area contributed by atoms with Gasteiger partial charge in [0.1, 0.15) is 11.0 Å². The van der Waals surface area contributed by atoms with Gasteiger partial charge in [0.15, 0.2) is 0 Å². The quantitative estimate of drug-likeness (QED) is 0.160. The van der Waals surface area contributed by atoms with Crippen LogP contribution in [0.1, 0.15) is 73.3 Å². The van der Waals surface area contributed by atoms with Crippen LogP contribution in [0.15, 0.2) is 75.1 Å². The molecule has 1 unspecified atom stereocenters. The first-order valence-electron chi connectivity index (χ1n) is 14.3. The van der Waals surface area contributed by atoms with Crippen LogP contribution in [0.25, 0.3) is 0 Å². The number of aryl methyl sites for hydroxylation is 1. The Bertz CT molecular complexity index is 1040. The summed E-state index contributed by atoms with van der Waals surface area (Å²) in [5.41, 5.74) is 4.52. The summed E-state index contributed by atoms with van der Waals surface area (Å²) >= 11 is 3.46. The predicted octanol–water partition coefficient (Wildman–Crippen LogP) is 8.88. The Balaban J connectivity index is 0.00000181. The Hall–Kier alpha value is -2.03. The molecule has 2 aromatic rings. The summed E-state index contributed by atoms with van der Waals surface area (Å²) in [7, 11) is -1.11. The molecule has 3 N–H and O–H groups in total. The molecular weight excluding hydrogens is 541 g/mol. The second-order valence-corrected chi connectivity index (χ2v) is 11.9. The van der Waals surface area contributed by atoms with E-state index in [1.54, 1.807) is 11.9 Å². The Morgan fingerprint density at radius 3 is 2.46 bits per heavy atom. The summed E-state index contributed by atoms with van der Waals surface area (Å²) in [6.07, 6.45) is 6.86. The largest absolute Gasteiger partial charge is 0.389 e. The Morgan fingerprint density at radius 1 is 1.08 bits per heavy atom. The fourth-order valence-corrected chi connectivity index (χ4v) is 6.79. The maximum Gasteiger partial charge on any atom is 0.148 e. The van der Waals surface area contributed by atoms with Crippen molar-refractivity contribution in [1.82, 2.24) is 10.0 Å². The molecule has 0 saturated carbocycles. The standard InChI is InChI=1S/C27H38N4OS3.2C2H6/c1-5-8-25(6-2)35(32)31-17-18-33-27-14-11-23(19-26(27)31)29-16-7-15-28-20-22(4)30-34-24-12-9-21(3)10-13-24;2*1-2/h8-14,19-20,28-30H,5-7,15-18H2,1-4H3;2*1-2H3/b22-20+,25-8+;;. The number of thioether (sulfide) groups is 1. The summed E-state index contributed by atoms with van der Waals surface area (Å²) in [4.78, 5) is 3.43. The van der Waals surface area contributed by atoms with Gasteiger partial charge in [-0.05, 0) is 75.4 Å². The number of hydrogen-bond donors (Lipinski definition) is 3. The topological polar surface area (TPSA) is 56.4 Å². The van der Waals surface area contributed by atoms with E-state index in [4.69, 9.17) is 0 Å². The molecule has 8 heteroatoms. The van der Waals surface area contributed by atoms with Gasteiger partial charge >= 0.3 is 0 Å². The molecule has 1 atom stereocenters. The summed E-state index contributed by atoms with van der Waals surface area (Å²) in [5, 5.41) is 6.92. The molecule has 0 saturated heterocycles. The minimum Gasteiger partial charge on any atom is -0.389 e. The molecule has 218 valence electrons. The van der Waals surface area contributed by atoms with Gasteiger partial charge in [-0.2, -0.15) is 0 Å². The van der Waals surface area contributed by atoms with Crippen LogP contribution in [0.2, 0.25) is 0 Å². The molecule has 0 bridgehead atoms. The maximum absolute atomic E-state index is 13.2. The minimum atomic E-state index is -1.11. The molecule has 0 aliphatic carbocycles. The Labute approximate surface area is 249 Å². The number of anilines is 2. The van der Waals surface area contributed by atoms with Gasteiger partial charge in [-0.3, -0.25) is 4.31 Å². The van der Waals surface area contributed by atoms with Crippen LogP contribution in [0.3, 0.4) is 0 Å². The zero-order valence-electron chi connectivity index (χ0n) is 25.2. The van der Waals surface area contributed by atoms with E-state index >= 15 is 0 Å². The summed E-state index contributed by atoms with van der Waals surface area (Å²) in [5.74, 6) is 0.964. The fraction of sp³-hybridized carbons (Fsp3) is 0.484. The maximum atomic E-state index is 13.2. The molecule has 0 fully saturated rings. The van der Waals surface area contributed by atoms with E-state index in [0.29, 0.717) is 0 Å². The van der Waals surface area contributed by atoms with Gasteiger partial charge in [0.05, 0.1) is 5.69 Å². The summed E-state index contributed by atoms with van der Waals surface area (Å²) in [6.45, 7) is 18.9. The molecule has 0 amide bonds. The van der Waals surface area contributed by atoms with Crippen LogP contribution in [0.4, 0.5) is 11.4 Å². The first kappa shape index (κ1) is 35.0. The van der Waals surface area contributed by atoms with Crippen LogP contribution in [-0.2, 0) is 11.0 Å². The van der Waals surface area contributed by atoms with Crippen molar-refractivity contribution in [2.24, 2.45) is 0 Å². The molecule has 0 aromatic heterocycles. The van der Waals surface area contributed by atoms with E-state index in [2.05, 4.69) is 95.9 Å². The van der Waals surface area contributed by atoms with Crippen molar-refractivity contribution in [2.75, 3.05) is 35.0 Å². The van der Waals surface area contributed by atoms with Gasteiger partial charge in [0.2, 0.25) is 0 Å². The lowest BCUT2D eigenvalue weighted by Gasteiger charge is -2.30. The van der Waals surface area contributed by atoms with E-state index in [1.165, 1.54) is 15.4 Å². The molecule has 0 radical (unpaired) electrons. The van der Waals surface area contributed by atoms with Crippen LogP contribution in [0.5, 0.6) is 0 Å². The summed E-state index contributed by atoms with van der Waals surface area (Å²) in [6, 6.07) is 14.9. The molecule has 39 heavy (non-hydrogen) atoms. The molecule has 1 aliphatic heterocycles. The van der Waals surface area contributed by atoms with Crippen molar-refractivity contribution in [2.45, 2.75) is 84.4 Å². The fourth-order valence-electron chi connectivity index (χ4n) is 3.61. The number of benzene rings is 2. The monoisotopic (exact) mass is 590 g/mol. The number of allylic oxidation sites excluding steroid dienone is 3. The number of rotatable bonds is 13. The molecule has 1 aliphatic rings. The third-order valence-electron chi connectivity index (χ3n) is 5.48. The van der Waals surface area contributed by atoms with Crippen LogP contribution < -0.4 is 19.7 Å². The van der Waals surface area contributed by atoms with Gasteiger partial charge in [0, 0.05) is 57.7 Å². The zero-order valence-corrected chi connectivity index (χ0v) is 27.7. The number of nitrogens with one attached hydrogen (secondary N) is 3. The molecule has 2 aromatic carbocycles. The first-order chi connectivity index (χ1) is 19.0. The van der Waals surface area contributed by atoms with Crippen LogP contribution >= 0.6 is 23.7 Å². The van der Waals surface area contributed by atoms with Crippen molar-refractivity contribution in [3.05, 3.63) is 70.9 Å². The minimum absolute atomic E-state index is 0.806. The molecule has 5 nitrogen and oxygen atoms in total. The second-order valence-electron chi connectivity index (χ2n) is 8.39. The summed E-state index contributed by atoms with van der Waals surface area (Å²) < 4.78 is 18.7. The molecule has 3 rings (SSSR count). The Morgan fingerprint density at radius 2 is 1.79 bits per heavy atom. The van der Waals surface area contributed by atoms with E-state index in [-0.39, 0.29) is 0 Å². The SMILES string of the molecule is CC.CC.CC/C=C(\CC)S(=O)N1CCSc2ccc(NCCCN/C=C(\C)NSc3ccc(C)cc3)cc21. The normalized spacial score (nSPS) is 13.7. The van der Waals surface area contributed by atoms with Gasteiger partial charge in [-0.15, -0.1) is 11.8 Å².